The van der Waals surface area contributed by atoms with E-state index in [9.17, 15) is 0 Å². The van der Waals surface area contributed by atoms with Crippen molar-refractivity contribution in [3.05, 3.63) is 29.3 Å². The van der Waals surface area contributed by atoms with Gasteiger partial charge >= 0.3 is 0 Å². The van der Waals surface area contributed by atoms with Crippen LogP contribution in [-0.2, 0) is 6.42 Å². The summed E-state index contributed by atoms with van der Waals surface area (Å²) in [5.41, 5.74) is 8.30. The van der Waals surface area contributed by atoms with E-state index in [4.69, 9.17) is 5.73 Å². The second kappa shape index (κ2) is 5.30. The quantitative estimate of drug-likeness (QED) is 0.747. The first-order chi connectivity index (χ1) is 6.27. The molecule has 0 aliphatic carbocycles. The third kappa shape index (κ3) is 3.05. The van der Waals surface area contributed by atoms with Crippen molar-refractivity contribution in [1.29, 1.82) is 0 Å². The second-order valence-electron chi connectivity index (χ2n) is 3.18. The van der Waals surface area contributed by atoms with Gasteiger partial charge in [-0.1, -0.05) is 6.07 Å². The molecule has 0 radical (unpaired) electrons. The Balaban J connectivity index is 2.73. The van der Waals surface area contributed by atoms with Gasteiger partial charge in [-0.15, -0.1) is 11.8 Å². The van der Waals surface area contributed by atoms with Gasteiger partial charge in [-0.2, -0.15) is 0 Å². The number of nitrogens with two attached hydrogens (primary N) is 1. The Hall–Kier alpha value is -0.470. The van der Waals surface area contributed by atoms with Crippen molar-refractivity contribution in [3.63, 3.8) is 0 Å². The van der Waals surface area contributed by atoms with E-state index >= 15 is 0 Å². The topological polar surface area (TPSA) is 26.0 Å². The molecule has 0 aliphatic heterocycles. The summed E-state index contributed by atoms with van der Waals surface area (Å²) in [6.07, 6.45) is 4.30. The molecule has 72 valence electrons. The van der Waals surface area contributed by atoms with Crippen LogP contribution in [0.2, 0.25) is 0 Å². The van der Waals surface area contributed by atoms with Crippen molar-refractivity contribution in [1.82, 2.24) is 0 Å². The van der Waals surface area contributed by atoms with Crippen molar-refractivity contribution in [2.75, 3.05) is 12.8 Å². The molecule has 0 unspecified atom stereocenters. The molecule has 1 aromatic rings. The minimum atomic E-state index is 0.781. The Labute approximate surface area is 84.7 Å². The highest BCUT2D eigenvalue weighted by molar-refractivity contribution is 7.98. The van der Waals surface area contributed by atoms with Crippen LogP contribution in [0.3, 0.4) is 0 Å². The maximum Gasteiger partial charge on any atom is 0.00719 e. The fourth-order valence-corrected chi connectivity index (χ4v) is 1.87. The summed E-state index contributed by atoms with van der Waals surface area (Å²) in [7, 11) is 0. The summed E-state index contributed by atoms with van der Waals surface area (Å²) in [6.45, 7) is 2.95. The van der Waals surface area contributed by atoms with Crippen molar-refractivity contribution in [2.45, 2.75) is 24.7 Å². The molecule has 0 amide bonds. The monoisotopic (exact) mass is 195 g/mol. The second-order valence-corrected chi connectivity index (χ2v) is 4.06. The van der Waals surface area contributed by atoms with Crippen LogP contribution in [0, 0.1) is 6.92 Å². The van der Waals surface area contributed by atoms with Gasteiger partial charge < -0.3 is 5.73 Å². The average Bonchev–Trinajstić information content (AvgIpc) is 2.16. The van der Waals surface area contributed by atoms with Crippen LogP contribution >= 0.6 is 11.8 Å². The Bertz CT molecular complexity index is 271. The van der Waals surface area contributed by atoms with Gasteiger partial charge in [0.2, 0.25) is 0 Å². The third-order valence-electron chi connectivity index (χ3n) is 2.20. The van der Waals surface area contributed by atoms with Gasteiger partial charge in [-0.3, -0.25) is 0 Å². The molecule has 13 heavy (non-hydrogen) atoms. The van der Waals surface area contributed by atoms with E-state index in [0.29, 0.717) is 0 Å². The lowest BCUT2D eigenvalue weighted by molar-refractivity contribution is 0.827. The summed E-state index contributed by atoms with van der Waals surface area (Å²) >= 11 is 1.79. The maximum atomic E-state index is 5.48. The number of hydrogen-bond acceptors (Lipinski definition) is 2. The lowest BCUT2D eigenvalue weighted by Gasteiger charge is -2.06. The number of benzene rings is 1. The van der Waals surface area contributed by atoms with Crippen LogP contribution < -0.4 is 5.73 Å². The van der Waals surface area contributed by atoms with Gasteiger partial charge in [0.05, 0.1) is 0 Å². The molecule has 0 atom stereocenters. The number of hydrogen-bond donors (Lipinski definition) is 1. The van der Waals surface area contributed by atoms with E-state index in [1.54, 1.807) is 11.8 Å². The lowest BCUT2D eigenvalue weighted by Crippen LogP contribution is -2.01. The first-order valence-electron chi connectivity index (χ1n) is 4.61. The third-order valence-corrected chi connectivity index (χ3v) is 2.93. The molecular formula is C11H17NS. The summed E-state index contributed by atoms with van der Waals surface area (Å²) < 4.78 is 0. The van der Waals surface area contributed by atoms with Gasteiger partial charge in [0.15, 0.2) is 0 Å². The Kier molecular flexibility index (Phi) is 4.33. The summed E-state index contributed by atoms with van der Waals surface area (Å²) in [6, 6.07) is 6.65. The number of rotatable bonds is 4. The molecular weight excluding hydrogens is 178 g/mol. The Morgan fingerprint density at radius 3 is 2.69 bits per heavy atom. The highest BCUT2D eigenvalue weighted by Crippen LogP contribution is 2.19. The molecule has 0 bridgehead atoms. The molecule has 0 saturated heterocycles. The van der Waals surface area contributed by atoms with E-state index in [1.807, 2.05) is 0 Å². The SMILES string of the molecule is CSc1ccc(CCCN)c(C)c1. The van der Waals surface area contributed by atoms with Crippen LogP contribution in [0.25, 0.3) is 0 Å². The zero-order valence-corrected chi connectivity index (χ0v) is 9.16. The smallest absolute Gasteiger partial charge is 0.00719 e. The Morgan fingerprint density at radius 1 is 1.38 bits per heavy atom. The van der Waals surface area contributed by atoms with Crippen LogP contribution in [-0.4, -0.2) is 12.8 Å². The molecule has 0 heterocycles. The average molecular weight is 195 g/mol. The van der Waals surface area contributed by atoms with Gasteiger partial charge in [0, 0.05) is 4.90 Å². The summed E-state index contributed by atoms with van der Waals surface area (Å²) in [5, 5.41) is 0. The largest absolute Gasteiger partial charge is 0.330 e. The van der Waals surface area contributed by atoms with Gasteiger partial charge in [-0.05, 0) is 55.8 Å². The standard InChI is InChI=1S/C11H17NS/c1-9-8-11(13-2)6-5-10(9)4-3-7-12/h5-6,8H,3-4,7,12H2,1-2H3. The zero-order valence-electron chi connectivity index (χ0n) is 8.34. The minimum absolute atomic E-state index is 0.781. The molecule has 0 fully saturated rings. The predicted octanol–water partition coefficient (Wildman–Crippen LogP) is 2.61. The molecule has 1 aromatic carbocycles. The lowest BCUT2D eigenvalue weighted by atomic mass is 10.0. The normalized spacial score (nSPS) is 10.4. The van der Waals surface area contributed by atoms with Crippen molar-refractivity contribution in [2.24, 2.45) is 5.73 Å². The number of thioether (sulfide) groups is 1. The maximum absolute atomic E-state index is 5.48. The van der Waals surface area contributed by atoms with Crippen LogP contribution in [0.5, 0.6) is 0 Å². The summed E-state index contributed by atoms with van der Waals surface area (Å²) in [5.74, 6) is 0. The van der Waals surface area contributed by atoms with E-state index in [1.165, 1.54) is 16.0 Å². The molecule has 2 N–H and O–H groups in total. The van der Waals surface area contributed by atoms with Crippen LogP contribution in [0.4, 0.5) is 0 Å². The van der Waals surface area contributed by atoms with E-state index in [0.717, 1.165) is 19.4 Å². The highest BCUT2D eigenvalue weighted by atomic mass is 32.2. The molecule has 0 saturated carbocycles. The van der Waals surface area contributed by atoms with Crippen LogP contribution in [0.1, 0.15) is 17.5 Å². The van der Waals surface area contributed by atoms with Crippen molar-refractivity contribution >= 4 is 11.8 Å². The van der Waals surface area contributed by atoms with Gasteiger partial charge in [0.25, 0.3) is 0 Å². The number of aryl methyl sites for hydroxylation is 2. The first kappa shape index (κ1) is 10.6. The molecule has 1 rings (SSSR count). The first-order valence-corrected chi connectivity index (χ1v) is 5.84. The Morgan fingerprint density at radius 2 is 2.15 bits per heavy atom. The van der Waals surface area contributed by atoms with E-state index in [-0.39, 0.29) is 0 Å². The van der Waals surface area contributed by atoms with Gasteiger partial charge in [-0.25, -0.2) is 0 Å². The molecule has 0 aliphatic rings. The predicted molar refractivity (Wildman–Crippen MR) is 60.3 cm³/mol. The van der Waals surface area contributed by atoms with E-state index < -0.39 is 0 Å². The van der Waals surface area contributed by atoms with Gasteiger partial charge in [0.1, 0.15) is 0 Å². The van der Waals surface area contributed by atoms with Crippen LogP contribution in [0.15, 0.2) is 23.1 Å². The fraction of sp³-hybridized carbons (Fsp3) is 0.455. The molecule has 0 spiro atoms. The van der Waals surface area contributed by atoms with Crippen molar-refractivity contribution in [3.8, 4) is 0 Å². The van der Waals surface area contributed by atoms with E-state index in [2.05, 4.69) is 31.4 Å². The highest BCUT2D eigenvalue weighted by Gasteiger charge is 1.98. The minimum Gasteiger partial charge on any atom is -0.330 e. The zero-order chi connectivity index (χ0) is 9.68. The van der Waals surface area contributed by atoms with Crippen molar-refractivity contribution < 1.29 is 0 Å². The fourth-order valence-electron chi connectivity index (χ4n) is 1.37. The molecule has 2 heteroatoms. The summed E-state index contributed by atoms with van der Waals surface area (Å²) in [4.78, 5) is 1.34. The molecule has 1 nitrogen and oxygen atoms in total. The molecule has 0 aromatic heterocycles.